The normalized spacial score (nSPS) is 11.5. The summed E-state index contributed by atoms with van der Waals surface area (Å²) in [4.78, 5) is 34.1. The minimum Gasteiger partial charge on any atom is -0.480 e. The van der Waals surface area contributed by atoms with Gasteiger partial charge in [0, 0.05) is 5.56 Å². The summed E-state index contributed by atoms with van der Waals surface area (Å²) in [6, 6.07) is 7.65. The van der Waals surface area contributed by atoms with Gasteiger partial charge in [-0.05, 0) is 18.6 Å². The second kappa shape index (κ2) is 8.70. The molecule has 0 radical (unpaired) electrons. The van der Waals surface area contributed by atoms with Crippen molar-refractivity contribution in [2.24, 2.45) is 0 Å². The summed E-state index contributed by atoms with van der Waals surface area (Å²) >= 11 is 0. The first-order chi connectivity index (χ1) is 10.0. The van der Waals surface area contributed by atoms with Crippen LogP contribution in [0.4, 0.5) is 0 Å². The number of hydrazine groups is 1. The summed E-state index contributed by atoms with van der Waals surface area (Å²) in [5, 5.41) is 11.5. The molecule has 0 aliphatic carbocycles. The summed E-state index contributed by atoms with van der Waals surface area (Å²) in [6.45, 7) is 1.67. The Labute approximate surface area is 122 Å². The highest BCUT2D eigenvalue weighted by molar-refractivity contribution is 5.95. The summed E-state index contributed by atoms with van der Waals surface area (Å²) in [6.07, 6.45) is 1.12. The second-order valence-electron chi connectivity index (χ2n) is 4.43. The molecule has 0 aliphatic heterocycles. The molecule has 0 aromatic heterocycles. The van der Waals surface area contributed by atoms with Gasteiger partial charge in [-0.15, -0.1) is 0 Å². The Morgan fingerprint density at radius 2 is 1.81 bits per heavy atom. The van der Waals surface area contributed by atoms with Crippen molar-refractivity contribution in [1.29, 1.82) is 0 Å². The number of nitrogens with one attached hydrogen (secondary N) is 3. The number of benzene rings is 1. The van der Waals surface area contributed by atoms with Gasteiger partial charge < -0.3 is 5.11 Å². The van der Waals surface area contributed by atoms with Crippen LogP contribution in [0.1, 0.15) is 30.1 Å². The van der Waals surface area contributed by atoms with Crippen LogP contribution in [0.3, 0.4) is 0 Å². The molecular formula is C14H19N3O4. The molecule has 0 heterocycles. The van der Waals surface area contributed by atoms with Crippen LogP contribution in [0.5, 0.6) is 0 Å². The number of rotatable bonds is 7. The molecule has 1 aromatic rings. The van der Waals surface area contributed by atoms with Gasteiger partial charge in [0.15, 0.2) is 0 Å². The minimum absolute atomic E-state index is 0.188. The fraction of sp³-hybridized carbons (Fsp3) is 0.357. The van der Waals surface area contributed by atoms with Crippen molar-refractivity contribution in [2.75, 3.05) is 6.54 Å². The van der Waals surface area contributed by atoms with Crippen LogP contribution < -0.4 is 16.2 Å². The first-order valence-corrected chi connectivity index (χ1v) is 6.65. The van der Waals surface area contributed by atoms with Crippen LogP contribution in [0.15, 0.2) is 30.3 Å². The lowest BCUT2D eigenvalue weighted by molar-refractivity contribution is -0.139. The lowest BCUT2D eigenvalue weighted by Gasteiger charge is -2.13. The fourth-order valence-electron chi connectivity index (χ4n) is 1.65. The maximum absolute atomic E-state index is 11.7. The van der Waals surface area contributed by atoms with Crippen molar-refractivity contribution >= 4 is 17.8 Å². The van der Waals surface area contributed by atoms with E-state index in [0.717, 1.165) is 0 Å². The smallest absolute Gasteiger partial charge is 0.320 e. The van der Waals surface area contributed by atoms with Gasteiger partial charge in [-0.25, -0.2) is 0 Å². The van der Waals surface area contributed by atoms with Crippen molar-refractivity contribution in [2.45, 2.75) is 25.8 Å². The van der Waals surface area contributed by atoms with Gasteiger partial charge in [-0.3, -0.25) is 30.6 Å². The summed E-state index contributed by atoms with van der Waals surface area (Å²) in [7, 11) is 0. The number of carbonyl (C=O) groups is 3. The lowest BCUT2D eigenvalue weighted by atomic mass is 10.2. The molecule has 1 rings (SSSR count). The highest BCUT2D eigenvalue weighted by Crippen LogP contribution is 1.97. The van der Waals surface area contributed by atoms with E-state index in [1.54, 1.807) is 30.3 Å². The van der Waals surface area contributed by atoms with Crippen LogP contribution in [0.2, 0.25) is 0 Å². The van der Waals surface area contributed by atoms with E-state index < -0.39 is 23.8 Å². The summed E-state index contributed by atoms with van der Waals surface area (Å²) in [5.41, 5.74) is 4.90. The number of aliphatic carboxylic acids is 1. The number of carboxylic acids is 1. The predicted molar refractivity (Wildman–Crippen MR) is 76.4 cm³/mol. The topological polar surface area (TPSA) is 108 Å². The molecule has 0 fully saturated rings. The molecule has 0 bridgehead atoms. The Kier molecular flexibility index (Phi) is 6.90. The number of hydrogen-bond acceptors (Lipinski definition) is 4. The summed E-state index contributed by atoms with van der Waals surface area (Å²) in [5.74, 6) is -1.95. The van der Waals surface area contributed by atoms with E-state index in [4.69, 9.17) is 5.11 Å². The van der Waals surface area contributed by atoms with E-state index >= 15 is 0 Å². The molecule has 0 spiro atoms. The molecule has 0 aliphatic rings. The summed E-state index contributed by atoms with van der Waals surface area (Å²) < 4.78 is 0. The number of hydrogen-bond donors (Lipinski definition) is 4. The molecule has 1 atom stereocenters. The van der Waals surface area contributed by atoms with E-state index in [0.29, 0.717) is 18.4 Å². The molecule has 1 unspecified atom stereocenters. The zero-order valence-electron chi connectivity index (χ0n) is 11.8. The van der Waals surface area contributed by atoms with Crippen LogP contribution >= 0.6 is 0 Å². The Bertz CT molecular complexity index is 490. The Hall–Kier alpha value is -2.41. The van der Waals surface area contributed by atoms with E-state index in [1.807, 2.05) is 6.92 Å². The van der Waals surface area contributed by atoms with Crippen LogP contribution in [0, 0.1) is 0 Å². The molecule has 2 amide bonds. The van der Waals surface area contributed by atoms with Gasteiger partial charge in [-0.1, -0.05) is 31.5 Å². The van der Waals surface area contributed by atoms with Gasteiger partial charge in [0.1, 0.15) is 6.04 Å². The highest BCUT2D eigenvalue weighted by atomic mass is 16.4. The van der Waals surface area contributed by atoms with Crippen LogP contribution in [-0.2, 0) is 9.59 Å². The Morgan fingerprint density at radius 1 is 1.14 bits per heavy atom. The van der Waals surface area contributed by atoms with Crippen molar-refractivity contribution in [3.63, 3.8) is 0 Å². The maximum Gasteiger partial charge on any atom is 0.320 e. The molecule has 1 aromatic carbocycles. The van der Waals surface area contributed by atoms with Crippen molar-refractivity contribution < 1.29 is 19.5 Å². The van der Waals surface area contributed by atoms with Crippen molar-refractivity contribution in [1.82, 2.24) is 16.2 Å². The molecule has 21 heavy (non-hydrogen) atoms. The number of carbonyl (C=O) groups excluding carboxylic acids is 2. The van der Waals surface area contributed by atoms with E-state index in [9.17, 15) is 14.4 Å². The molecule has 7 nitrogen and oxygen atoms in total. The molecule has 0 saturated carbocycles. The predicted octanol–water partition coefficient (Wildman–Crippen LogP) is 0.290. The third-order valence-electron chi connectivity index (χ3n) is 2.74. The maximum atomic E-state index is 11.7. The minimum atomic E-state index is -1.00. The van der Waals surface area contributed by atoms with E-state index in [2.05, 4.69) is 16.2 Å². The number of carboxylic acid groups (broad SMARTS) is 1. The van der Waals surface area contributed by atoms with Gasteiger partial charge >= 0.3 is 5.97 Å². The fourth-order valence-corrected chi connectivity index (χ4v) is 1.65. The Balaban J connectivity index is 2.34. The first kappa shape index (κ1) is 16.6. The van der Waals surface area contributed by atoms with Gasteiger partial charge in [0.2, 0.25) is 0 Å². The first-order valence-electron chi connectivity index (χ1n) is 6.65. The van der Waals surface area contributed by atoms with Gasteiger partial charge in [-0.2, -0.15) is 0 Å². The zero-order chi connectivity index (χ0) is 15.7. The quantitative estimate of drug-likeness (QED) is 0.541. The standard InChI is InChI=1S/C14H19N3O4/c1-2-6-11(14(20)21)15-9-12(18)16-17-13(19)10-7-4-3-5-8-10/h3-5,7-8,11,15H,2,6,9H2,1H3,(H,16,18)(H,17,19)(H,20,21). The van der Waals surface area contributed by atoms with E-state index in [-0.39, 0.29) is 6.54 Å². The second-order valence-corrected chi connectivity index (χ2v) is 4.43. The monoisotopic (exact) mass is 293 g/mol. The largest absolute Gasteiger partial charge is 0.480 e. The molecule has 4 N–H and O–H groups in total. The average Bonchev–Trinajstić information content (AvgIpc) is 2.49. The molecule has 7 heteroatoms. The molecular weight excluding hydrogens is 274 g/mol. The average molecular weight is 293 g/mol. The van der Waals surface area contributed by atoms with Crippen molar-refractivity contribution in [3.05, 3.63) is 35.9 Å². The van der Waals surface area contributed by atoms with E-state index in [1.165, 1.54) is 0 Å². The van der Waals surface area contributed by atoms with Crippen molar-refractivity contribution in [3.8, 4) is 0 Å². The number of amides is 2. The SMILES string of the molecule is CCCC(NCC(=O)NNC(=O)c1ccccc1)C(=O)O. The third kappa shape index (κ3) is 6.05. The van der Waals surface area contributed by atoms with Crippen LogP contribution in [0.25, 0.3) is 0 Å². The van der Waals surface area contributed by atoms with Gasteiger partial charge in [0.05, 0.1) is 6.54 Å². The lowest BCUT2D eigenvalue weighted by Crippen LogP contribution is -2.48. The van der Waals surface area contributed by atoms with Crippen LogP contribution in [-0.4, -0.2) is 35.5 Å². The zero-order valence-corrected chi connectivity index (χ0v) is 11.8. The van der Waals surface area contributed by atoms with Gasteiger partial charge in [0.25, 0.3) is 11.8 Å². The molecule has 114 valence electrons. The third-order valence-corrected chi connectivity index (χ3v) is 2.74. The highest BCUT2D eigenvalue weighted by Gasteiger charge is 2.16. The molecule has 0 saturated heterocycles. The Morgan fingerprint density at radius 3 is 2.38 bits per heavy atom.